The summed E-state index contributed by atoms with van der Waals surface area (Å²) in [5.41, 5.74) is -0.779. The molecule has 0 atom stereocenters. The topological polar surface area (TPSA) is 18.5 Å². The van der Waals surface area contributed by atoms with Gasteiger partial charge in [0.25, 0.3) is 0 Å². The molecule has 1 aromatic rings. The van der Waals surface area contributed by atoms with E-state index in [1.165, 1.54) is 19.2 Å². The van der Waals surface area contributed by atoms with Crippen molar-refractivity contribution < 1.29 is 22.6 Å². The number of hydrogen-bond donors (Lipinski definition) is 0. The van der Waals surface area contributed by atoms with Crippen LogP contribution in [0.4, 0.5) is 13.2 Å². The fraction of sp³-hybridized carbons (Fsp3) is 0.455. The van der Waals surface area contributed by atoms with Gasteiger partial charge in [0.05, 0.1) is 13.2 Å². The first-order valence-electron chi connectivity index (χ1n) is 4.93. The highest BCUT2D eigenvalue weighted by Crippen LogP contribution is 2.43. The van der Waals surface area contributed by atoms with Crippen molar-refractivity contribution in [3.63, 3.8) is 0 Å². The quantitative estimate of drug-likeness (QED) is 0.796. The number of halogens is 3. The molecule has 88 valence electrons. The Balaban J connectivity index is 2.41. The molecule has 1 aromatic carbocycles. The van der Waals surface area contributed by atoms with Crippen molar-refractivity contribution in [3.8, 4) is 11.5 Å². The third-order valence-electron chi connectivity index (χ3n) is 2.31. The highest BCUT2D eigenvalue weighted by atomic mass is 19.4. The zero-order valence-electron chi connectivity index (χ0n) is 8.67. The second kappa shape index (κ2) is 3.88. The number of benzene rings is 1. The van der Waals surface area contributed by atoms with Gasteiger partial charge >= 0.3 is 6.18 Å². The van der Waals surface area contributed by atoms with Crippen LogP contribution in [-0.2, 0) is 6.18 Å². The Kier molecular flexibility index (Phi) is 2.69. The van der Waals surface area contributed by atoms with Gasteiger partial charge in [-0.05, 0) is 25.0 Å². The van der Waals surface area contributed by atoms with Crippen LogP contribution in [0.3, 0.4) is 0 Å². The van der Waals surface area contributed by atoms with Crippen molar-refractivity contribution in [2.45, 2.75) is 25.1 Å². The van der Waals surface area contributed by atoms with Crippen molar-refractivity contribution in [1.29, 1.82) is 0 Å². The lowest BCUT2D eigenvalue weighted by Crippen LogP contribution is -2.10. The first-order chi connectivity index (χ1) is 7.52. The second-order valence-electron chi connectivity index (χ2n) is 3.65. The maximum Gasteiger partial charge on any atom is 0.420 e. The zero-order chi connectivity index (χ0) is 11.8. The molecule has 0 aliphatic heterocycles. The smallest absolute Gasteiger partial charge is 0.420 e. The largest absolute Gasteiger partial charge is 0.493 e. The Labute approximate surface area is 91.0 Å². The highest BCUT2D eigenvalue weighted by Gasteiger charge is 2.37. The van der Waals surface area contributed by atoms with Crippen LogP contribution in [0.25, 0.3) is 0 Å². The van der Waals surface area contributed by atoms with Crippen LogP contribution in [0.15, 0.2) is 18.2 Å². The lowest BCUT2D eigenvalue weighted by molar-refractivity contribution is -0.139. The predicted molar refractivity (Wildman–Crippen MR) is 51.6 cm³/mol. The van der Waals surface area contributed by atoms with E-state index in [-0.39, 0.29) is 17.6 Å². The predicted octanol–water partition coefficient (Wildman–Crippen LogP) is 3.26. The lowest BCUT2D eigenvalue weighted by atomic mass is 10.2. The Hall–Kier alpha value is -1.39. The number of methoxy groups -OCH3 is 1. The normalized spacial score (nSPS) is 16.0. The molecule has 0 saturated heterocycles. The maximum absolute atomic E-state index is 12.7. The molecule has 1 aliphatic carbocycles. The van der Waals surface area contributed by atoms with Gasteiger partial charge in [0.15, 0.2) is 11.5 Å². The van der Waals surface area contributed by atoms with Gasteiger partial charge < -0.3 is 9.47 Å². The van der Waals surface area contributed by atoms with E-state index in [1.807, 2.05) is 0 Å². The summed E-state index contributed by atoms with van der Waals surface area (Å²) in [4.78, 5) is 0. The third kappa shape index (κ3) is 2.23. The van der Waals surface area contributed by atoms with E-state index in [2.05, 4.69) is 0 Å². The number of rotatable bonds is 3. The van der Waals surface area contributed by atoms with Crippen LogP contribution in [0.1, 0.15) is 18.4 Å². The number of para-hydroxylation sites is 1. The van der Waals surface area contributed by atoms with Crippen molar-refractivity contribution in [2.24, 2.45) is 0 Å². The molecule has 2 rings (SSSR count). The van der Waals surface area contributed by atoms with Crippen LogP contribution in [0, 0.1) is 0 Å². The van der Waals surface area contributed by atoms with Crippen LogP contribution in [0.2, 0.25) is 0 Å². The summed E-state index contributed by atoms with van der Waals surface area (Å²) in [6, 6.07) is 3.77. The standard InChI is InChI=1S/C11H11F3O2/c1-15-9-4-2-3-8(11(12,13)14)10(9)16-7-5-6-7/h2-4,7H,5-6H2,1H3. The SMILES string of the molecule is COc1cccc(C(F)(F)F)c1OC1CC1. The summed E-state index contributed by atoms with van der Waals surface area (Å²) in [7, 11) is 1.33. The van der Waals surface area contributed by atoms with Crippen molar-refractivity contribution in [1.82, 2.24) is 0 Å². The fourth-order valence-electron chi connectivity index (χ4n) is 1.37. The highest BCUT2D eigenvalue weighted by molar-refractivity contribution is 5.48. The molecule has 2 nitrogen and oxygen atoms in total. The maximum atomic E-state index is 12.7. The molecule has 0 bridgehead atoms. The molecule has 0 spiro atoms. The minimum Gasteiger partial charge on any atom is -0.493 e. The van der Waals surface area contributed by atoms with Crippen LogP contribution in [0.5, 0.6) is 11.5 Å². The molecule has 1 saturated carbocycles. The Bertz CT molecular complexity index is 383. The molecule has 1 aliphatic rings. The van der Waals surface area contributed by atoms with E-state index in [4.69, 9.17) is 9.47 Å². The van der Waals surface area contributed by atoms with Crippen molar-refractivity contribution in [2.75, 3.05) is 7.11 Å². The fourth-order valence-corrected chi connectivity index (χ4v) is 1.37. The van der Waals surface area contributed by atoms with Gasteiger partial charge in [-0.2, -0.15) is 13.2 Å². The Morgan fingerprint density at radius 1 is 1.25 bits per heavy atom. The molecule has 0 N–H and O–H groups in total. The van der Waals surface area contributed by atoms with Gasteiger partial charge in [0, 0.05) is 0 Å². The van der Waals surface area contributed by atoms with Gasteiger partial charge in [0.2, 0.25) is 0 Å². The first kappa shape index (κ1) is 11.1. The summed E-state index contributed by atoms with van der Waals surface area (Å²) in [5.74, 6) is -0.0678. The molecule has 16 heavy (non-hydrogen) atoms. The first-order valence-corrected chi connectivity index (χ1v) is 4.93. The second-order valence-corrected chi connectivity index (χ2v) is 3.65. The average molecular weight is 232 g/mol. The van der Waals surface area contributed by atoms with Crippen LogP contribution < -0.4 is 9.47 Å². The molecule has 5 heteroatoms. The van der Waals surface area contributed by atoms with Gasteiger partial charge in [-0.1, -0.05) is 6.07 Å². The van der Waals surface area contributed by atoms with E-state index in [9.17, 15) is 13.2 Å². The summed E-state index contributed by atoms with van der Waals surface area (Å²) < 4.78 is 48.2. The summed E-state index contributed by atoms with van der Waals surface area (Å²) in [5, 5.41) is 0. The molecular formula is C11H11F3O2. The van der Waals surface area contributed by atoms with E-state index in [0.29, 0.717) is 0 Å². The summed E-state index contributed by atoms with van der Waals surface area (Å²) in [6.07, 6.45) is -2.92. The monoisotopic (exact) mass is 232 g/mol. The lowest BCUT2D eigenvalue weighted by Gasteiger charge is -2.16. The van der Waals surface area contributed by atoms with Gasteiger partial charge in [0.1, 0.15) is 5.56 Å². The zero-order valence-corrected chi connectivity index (χ0v) is 8.67. The van der Waals surface area contributed by atoms with Gasteiger partial charge in [-0.15, -0.1) is 0 Å². The number of alkyl halides is 3. The molecule has 1 fully saturated rings. The minimum absolute atomic E-state index is 0.0996. The van der Waals surface area contributed by atoms with Gasteiger partial charge in [-0.3, -0.25) is 0 Å². The van der Waals surface area contributed by atoms with Crippen LogP contribution in [-0.4, -0.2) is 13.2 Å². The molecule has 0 amide bonds. The van der Waals surface area contributed by atoms with E-state index in [0.717, 1.165) is 18.9 Å². The van der Waals surface area contributed by atoms with Crippen molar-refractivity contribution >= 4 is 0 Å². The molecule has 0 heterocycles. The molecule has 0 aromatic heterocycles. The van der Waals surface area contributed by atoms with E-state index in [1.54, 1.807) is 0 Å². The number of hydrogen-bond acceptors (Lipinski definition) is 2. The van der Waals surface area contributed by atoms with Crippen molar-refractivity contribution in [3.05, 3.63) is 23.8 Å². The molecule has 0 unspecified atom stereocenters. The van der Waals surface area contributed by atoms with E-state index < -0.39 is 11.7 Å². The summed E-state index contributed by atoms with van der Waals surface area (Å²) in [6.45, 7) is 0. The Morgan fingerprint density at radius 2 is 1.94 bits per heavy atom. The molecule has 0 radical (unpaired) electrons. The Morgan fingerprint density at radius 3 is 2.44 bits per heavy atom. The van der Waals surface area contributed by atoms with Gasteiger partial charge in [-0.25, -0.2) is 0 Å². The van der Waals surface area contributed by atoms with E-state index >= 15 is 0 Å². The van der Waals surface area contributed by atoms with Crippen LogP contribution >= 0.6 is 0 Å². The average Bonchev–Trinajstić information content (AvgIpc) is 3.00. The minimum atomic E-state index is -4.42. The summed E-state index contributed by atoms with van der Waals surface area (Å²) >= 11 is 0. The third-order valence-corrected chi connectivity index (χ3v) is 2.31. The molecular weight excluding hydrogens is 221 g/mol. The number of ether oxygens (including phenoxy) is 2.